The van der Waals surface area contributed by atoms with Crippen molar-refractivity contribution in [3.63, 3.8) is 0 Å². The van der Waals surface area contributed by atoms with Crippen molar-refractivity contribution in [2.24, 2.45) is 11.8 Å². The summed E-state index contributed by atoms with van der Waals surface area (Å²) in [4.78, 5) is 0. The molecule has 14 heavy (non-hydrogen) atoms. The highest BCUT2D eigenvalue weighted by molar-refractivity contribution is 5.48. The molecule has 2 atom stereocenters. The molecule has 3 heteroatoms. The van der Waals surface area contributed by atoms with Crippen molar-refractivity contribution in [1.82, 2.24) is 5.43 Å². The van der Waals surface area contributed by atoms with Gasteiger partial charge in [0.05, 0.1) is 6.04 Å². The quantitative estimate of drug-likeness (QED) is 0.388. The summed E-state index contributed by atoms with van der Waals surface area (Å²) >= 11 is 0. The van der Waals surface area contributed by atoms with Gasteiger partial charge < -0.3 is 5.73 Å². The smallest absolute Gasteiger partial charge is 0.0505 e. The summed E-state index contributed by atoms with van der Waals surface area (Å²) in [5, 5.41) is 0. The van der Waals surface area contributed by atoms with E-state index < -0.39 is 0 Å². The number of nitrogens with one attached hydrogen (secondary N) is 1. The van der Waals surface area contributed by atoms with Gasteiger partial charge in [-0.3, -0.25) is 11.3 Å². The molecular formula is C11H19N3. The normalized spacial score (nSPS) is 15.1. The van der Waals surface area contributed by atoms with Gasteiger partial charge in [0.15, 0.2) is 0 Å². The highest BCUT2D eigenvalue weighted by Gasteiger charge is 2.17. The maximum atomic E-state index is 5.89. The van der Waals surface area contributed by atoms with E-state index >= 15 is 0 Å². The van der Waals surface area contributed by atoms with E-state index in [4.69, 9.17) is 11.6 Å². The maximum Gasteiger partial charge on any atom is 0.0505 e. The lowest BCUT2D eigenvalue weighted by molar-refractivity contribution is 0.384. The summed E-state index contributed by atoms with van der Waals surface area (Å²) < 4.78 is 0. The van der Waals surface area contributed by atoms with Crippen LogP contribution in [-0.4, -0.2) is 0 Å². The minimum Gasteiger partial charge on any atom is -0.398 e. The number of nitrogens with two attached hydrogens (primary N) is 2. The summed E-state index contributed by atoms with van der Waals surface area (Å²) in [7, 11) is 0. The first-order chi connectivity index (χ1) is 6.70. The van der Waals surface area contributed by atoms with E-state index in [9.17, 15) is 0 Å². The molecule has 0 aliphatic rings. The summed E-state index contributed by atoms with van der Waals surface area (Å²) in [6.07, 6.45) is 1.07. The Morgan fingerprint density at radius 2 is 2.00 bits per heavy atom. The molecule has 0 heterocycles. The molecule has 0 saturated carbocycles. The number of hydrogen-bond donors (Lipinski definition) is 3. The Morgan fingerprint density at radius 1 is 1.36 bits per heavy atom. The molecule has 0 aliphatic heterocycles. The zero-order valence-electron chi connectivity index (χ0n) is 8.83. The predicted octanol–water partition coefficient (Wildman–Crippen LogP) is 1.82. The molecule has 5 N–H and O–H groups in total. The largest absolute Gasteiger partial charge is 0.398 e. The molecule has 0 fully saturated rings. The monoisotopic (exact) mass is 193 g/mol. The lowest BCUT2D eigenvalue weighted by atomic mass is 9.92. The minimum atomic E-state index is 0.140. The standard InChI is InChI=1S/C11H19N3/c1-3-8(2)11(14-13)9-6-4-5-7-10(9)12/h4-8,11,14H,3,12-13H2,1-2H3. The van der Waals surface area contributed by atoms with Crippen molar-refractivity contribution in [2.45, 2.75) is 26.3 Å². The molecule has 0 spiro atoms. The molecule has 2 unspecified atom stereocenters. The van der Waals surface area contributed by atoms with Crippen LogP contribution in [0, 0.1) is 5.92 Å². The second-order valence-corrected chi connectivity index (χ2v) is 3.66. The minimum absolute atomic E-state index is 0.140. The SMILES string of the molecule is CCC(C)C(NN)c1ccccc1N. The van der Waals surface area contributed by atoms with Gasteiger partial charge in [-0.1, -0.05) is 38.5 Å². The zero-order valence-corrected chi connectivity index (χ0v) is 8.83. The molecule has 0 bridgehead atoms. The van der Waals surface area contributed by atoms with E-state index in [1.165, 1.54) is 0 Å². The summed E-state index contributed by atoms with van der Waals surface area (Å²) in [5.41, 5.74) is 10.6. The lowest BCUT2D eigenvalue weighted by Crippen LogP contribution is -2.32. The van der Waals surface area contributed by atoms with Crippen LogP contribution in [0.2, 0.25) is 0 Å². The third kappa shape index (κ3) is 2.25. The molecule has 3 nitrogen and oxygen atoms in total. The van der Waals surface area contributed by atoms with Crippen molar-refractivity contribution in [3.8, 4) is 0 Å². The molecule has 1 aromatic rings. The van der Waals surface area contributed by atoms with Gasteiger partial charge in [0, 0.05) is 5.69 Å². The topological polar surface area (TPSA) is 64.1 Å². The fourth-order valence-electron chi connectivity index (χ4n) is 1.59. The van der Waals surface area contributed by atoms with Crippen LogP contribution in [0.1, 0.15) is 31.9 Å². The van der Waals surface area contributed by atoms with Gasteiger partial charge in [-0.2, -0.15) is 0 Å². The van der Waals surface area contributed by atoms with Gasteiger partial charge in [0.1, 0.15) is 0 Å². The molecular weight excluding hydrogens is 174 g/mol. The first-order valence-corrected chi connectivity index (χ1v) is 5.01. The van der Waals surface area contributed by atoms with E-state index in [-0.39, 0.29) is 6.04 Å². The third-order valence-corrected chi connectivity index (χ3v) is 2.72. The first-order valence-electron chi connectivity index (χ1n) is 5.01. The Kier molecular flexibility index (Phi) is 3.92. The second-order valence-electron chi connectivity index (χ2n) is 3.66. The van der Waals surface area contributed by atoms with Crippen LogP contribution >= 0.6 is 0 Å². The fourth-order valence-corrected chi connectivity index (χ4v) is 1.59. The van der Waals surface area contributed by atoms with Crippen molar-refractivity contribution in [3.05, 3.63) is 29.8 Å². The number of hydrogen-bond acceptors (Lipinski definition) is 3. The molecule has 1 aromatic carbocycles. The molecule has 0 aliphatic carbocycles. The summed E-state index contributed by atoms with van der Waals surface area (Å²) in [6, 6.07) is 7.98. The van der Waals surface area contributed by atoms with E-state index in [2.05, 4.69) is 19.3 Å². The number of benzene rings is 1. The van der Waals surface area contributed by atoms with Crippen LogP contribution < -0.4 is 17.0 Å². The Bertz CT molecular complexity index is 286. The Hall–Kier alpha value is -1.06. The Morgan fingerprint density at radius 3 is 2.50 bits per heavy atom. The average molecular weight is 193 g/mol. The van der Waals surface area contributed by atoms with Crippen molar-refractivity contribution in [2.75, 3.05) is 5.73 Å². The van der Waals surface area contributed by atoms with Crippen LogP contribution in [0.3, 0.4) is 0 Å². The molecule has 78 valence electrons. The summed E-state index contributed by atoms with van der Waals surface area (Å²) in [6.45, 7) is 4.31. The van der Waals surface area contributed by atoms with Gasteiger partial charge in [-0.05, 0) is 17.5 Å². The van der Waals surface area contributed by atoms with Crippen molar-refractivity contribution in [1.29, 1.82) is 0 Å². The van der Waals surface area contributed by atoms with Gasteiger partial charge in [0.25, 0.3) is 0 Å². The molecule has 1 rings (SSSR count). The van der Waals surface area contributed by atoms with Gasteiger partial charge >= 0.3 is 0 Å². The zero-order chi connectivity index (χ0) is 10.6. The number of nitrogen functional groups attached to an aromatic ring is 1. The van der Waals surface area contributed by atoms with E-state index in [0.717, 1.165) is 17.7 Å². The van der Waals surface area contributed by atoms with Gasteiger partial charge in [-0.25, -0.2) is 0 Å². The van der Waals surface area contributed by atoms with Gasteiger partial charge in [-0.15, -0.1) is 0 Å². The average Bonchev–Trinajstić information content (AvgIpc) is 2.21. The number of hydrazine groups is 1. The molecule has 0 saturated heterocycles. The van der Waals surface area contributed by atoms with Crippen LogP contribution in [-0.2, 0) is 0 Å². The molecule has 0 aromatic heterocycles. The fraction of sp³-hybridized carbons (Fsp3) is 0.455. The highest BCUT2D eigenvalue weighted by atomic mass is 15.2. The van der Waals surface area contributed by atoms with Crippen LogP contribution in [0.5, 0.6) is 0 Å². The molecule has 0 radical (unpaired) electrons. The first kappa shape index (κ1) is 11.0. The van der Waals surface area contributed by atoms with E-state index in [1.807, 2.05) is 24.3 Å². The number of rotatable bonds is 4. The third-order valence-electron chi connectivity index (χ3n) is 2.72. The van der Waals surface area contributed by atoms with Crippen LogP contribution in [0.15, 0.2) is 24.3 Å². The lowest BCUT2D eigenvalue weighted by Gasteiger charge is -2.23. The number of anilines is 1. The highest BCUT2D eigenvalue weighted by Crippen LogP contribution is 2.27. The predicted molar refractivity (Wildman–Crippen MR) is 60.4 cm³/mol. The van der Waals surface area contributed by atoms with Gasteiger partial charge in [0.2, 0.25) is 0 Å². The maximum absolute atomic E-state index is 5.89. The van der Waals surface area contributed by atoms with E-state index in [1.54, 1.807) is 0 Å². The summed E-state index contributed by atoms with van der Waals surface area (Å²) in [5.74, 6) is 6.02. The van der Waals surface area contributed by atoms with Crippen LogP contribution in [0.25, 0.3) is 0 Å². The molecule has 0 amide bonds. The Balaban J connectivity index is 2.94. The van der Waals surface area contributed by atoms with Crippen LogP contribution in [0.4, 0.5) is 5.69 Å². The van der Waals surface area contributed by atoms with E-state index in [0.29, 0.717) is 5.92 Å². The second kappa shape index (κ2) is 4.98. The van der Waals surface area contributed by atoms with Crippen molar-refractivity contribution < 1.29 is 0 Å². The number of para-hydroxylation sites is 1. The van der Waals surface area contributed by atoms with Crippen molar-refractivity contribution >= 4 is 5.69 Å². The Labute approximate surface area is 85.5 Å².